The lowest BCUT2D eigenvalue weighted by molar-refractivity contribution is -0.268. The molecule has 0 spiro atoms. The zero-order valence-electron chi connectivity index (χ0n) is 25.5. The van der Waals surface area contributed by atoms with Crippen molar-refractivity contribution in [3.63, 3.8) is 0 Å². The van der Waals surface area contributed by atoms with Crippen LogP contribution in [0.2, 0.25) is 5.02 Å². The van der Waals surface area contributed by atoms with Crippen LogP contribution in [0.25, 0.3) is 0 Å². The maximum Gasteiger partial charge on any atom is 0.257 e. The Morgan fingerprint density at radius 1 is 1.15 bits per heavy atom. The monoisotopic (exact) mass is 671 g/mol. The number of nitrogens with one attached hydrogen (secondary N) is 2. The number of hydrogen-bond acceptors (Lipinski definition) is 8. The van der Waals surface area contributed by atoms with Gasteiger partial charge in [0.15, 0.2) is 0 Å². The van der Waals surface area contributed by atoms with Crippen LogP contribution in [0.3, 0.4) is 0 Å². The van der Waals surface area contributed by atoms with E-state index < -0.39 is 51.9 Å². The lowest BCUT2D eigenvalue weighted by Gasteiger charge is -2.45. The summed E-state index contributed by atoms with van der Waals surface area (Å²) in [5.41, 5.74) is 8.19. The average molecular weight is 672 g/mol. The van der Waals surface area contributed by atoms with Gasteiger partial charge in [0.2, 0.25) is 21.0 Å². The molecule has 1 fully saturated rings. The Kier molecular flexibility index (Phi) is 11.2. The van der Waals surface area contributed by atoms with Crippen LogP contribution in [-0.4, -0.2) is 65.8 Å². The van der Waals surface area contributed by atoms with Crippen molar-refractivity contribution in [2.75, 3.05) is 18.4 Å². The summed E-state index contributed by atoms with van der Waals surface area (Å²) in [6, 6.07) is 11.9. The van der Waals surface area contributed by atoms with Crippen LogP contribution in [0.5, 0.6) is 0 Å². The number of rotatable bonds is 11. The molecular formula is C31H35ClFN7O5S. The van der Waals surface area contributed by atoms with E-state index >= 15 is 4.39 Å². The first-order valence-corrected chi connectivity index (χ1v) is 16.5. The molecule has 2 N–H and O–H groups in total. The summed E-state index contributed by atoms with van der Waals surface area (Å²) < 4.78 is 44.0. The van der Waals surface area contributed by atoms with E-state index in [0.29, 0.717) is 5.02 Å². The number of piperazine rings is 1. The van der Waals surface area contributed by atoms with Crippen molar-refractivity contribution in [3.05, 3.63) is 89.0 Å². The minimum atomic E-state index is -4.05. The topological polar surface area (TPSA) is 173 Å². The summed E-state index contributed by atoms with van der Waals surface area (Å²) in [7, 11) is -4.05. The number of pyridine rings is 1. The number of sulfonamides is 1. The molecule has 1 aliphatic rings. The van der Waals surface area contributed by atoms with Crippen LogP contribution >= 0.6 is 11.6 Å². The number of carbonyl (C=O) groups excluding carboxylic acids is 2. The second-order valence-corrected chi connectivity index (χ2v) is 13.8. The molecule has 1 saturated heterocycles. The zero-order valence-corrected chi connectivity index (χ0v) is 27.1. The summed E-state index contributed by atoms with van der Waals surface area (Å²) in [5, 5.41) is 18.9. The third kappa shape index (κ3) is 7.76. The van der Waals surface area contributed by atoms with Crippen molar-refractivity contribution in [1.82, 2.24) is 19.1 Å². The minimum Gasteiger partial charge on any atom is -0.530 e. The fourth-order valence-corrected chi connectivity index (χ4v) is 7.97. The second kappa shape index (κ2) is 14.9. The highest BCUT2D eigenvalue weighted by atomic mass is 35.5. The predicted molar refractivity (Wildman–Crippen MR) is 167 cm³/mol. The van der Waals surface area contributed by atoms with Crippen LogP contribution in [0.15, 0.2) is 77.0 Å². The quantitative estimate of drug-likeness (QED) is 0.228. The first kappa shape index (κ1) is 34.6. The molecule has 1 aliphatic heterocycles. The minimum absolute atomic E-state index is 0.0131. The van der Waals surface area contributed by atoms with Crippen LogP contribution < -0.4 is 15.3 Å². The van der Waals surface area contributed by atoms with Crippen LogP contribution in [0.1, 0.15) is 44.2 Å². The molecule has 0 saturated carbocycles. The fourth-order valence-electron chi connectivity index (χ4n) is 5.99. The predicted octanol–water partition coefficient (Wildman–Crippen LogP) is 4.21. The highest BCUT2D eigenvalue weighted by Gasteiger charge is 2.41. The Bertz CT molecular complexity index is 1710. The zero-order chi connectivity index (χ0) is 33.6. The number of anilines is 1. The highest BCUT2D eigenvalue weighted by Crippen LogP contribution is 2.33. The van der Waals surface area contributed by atoms with E-state index in [1.54, 1.807) is 49.4 Å². The van der Waals surface area contributed by atoms with Crippen LogP contribution in [0.4, 0.5) is 14.9 Å². The number of benzene rings is 2. The lowest BCUT2D eigenvalue weighted by Crippen LogP contribution is -2.62. The van der Waals surface area contributed by atoms with Gasteiger partial charge >= 0.3 is 0 Å². The molecule has 2 unspecified atom stereocenters. The van der Waals surface area contributed by atoms with Gasteiger partial charge in [-0.1, -0.05) is 55.8 Å². The molecule has 3 aromatic rings. The summed E-state index contributed by atoms with van der Waals surface area (Å²) in [6.07, 6.45) is 0.753. The van der Waals surface area contributed by atoms with Gasteiger partial charge in [-0.15, -0.1) is 0 Å². The Labute approximate surface area is 271 Å². The molecule has 15 heteroatoms. The summed E-state index contributed by atoms with van der Waals surface area (Å²) >= 11 is 6.06. The van der Waals surface area contributed by atoms with Gasteiger partial charge in [0.1, 0.15) is 22.6 Å². The Hall–Kier alpha value is -4.23. The highest BCUT2D eigenvalue weighted by molar-refractivity contribution is 7.89. The van der Waals surface area contributed by atoms with Crippen molar-refractivity contribution in [2.24, 2.45) is 11.0 Å². The Morgan fingerprint density at radius 2 is 1.83 bits per heavy atom. The molecule has 0 bridgehead atoms. The van der Waals surface area contributed by atoms with Gasteiger partial charge in [-0.2, -0.15) is 4.31 Å². The summed E-state index contributed by atoms with van der Waals surface area (Å²) in [6.45, 7) is 5.12. The maximum absolute atomic E-state index is 15.3. The number of hydrogen-bond donors (Lipinski definition) is 2. The number of nitrogens with zero attached hydrogens (tertiary/aromatic N) is 5. The Morgan fingerprint density at radius 3 is 2.43 bits per heavy atom. The number of aromatic nitrogens is 1. The lowest BCUT2D eigenvalue weighted by atomic mass is 9.82. The van der Waals surface area contributed by atoms with Crippen molar-refractivity contribution >= 4 is 39.3 Å². The molecule has 4 rings (SSSR count). The molecule has 244 valence electrons. The van der Waals surface area contributed by atoms with Crippen LogP contribution in [0, 0.1) is 17.3 Å². The average Bonchev–Trinajstić information content (AvgIpc) is 3.01. The molecule has 46 heavy (non-hydrogen) atoms. The number of carbonyl (C=O) groups is 2. The maximum atomic E-state index is 15.3. The number of carboxylic acid groups (broad SMARTS) is 1. The van der Waals surface area contributed by atoms with E-state index in [9.17, 15) is 23.1 Å². The normalized spacial score (nSPS) is 18.4. The van der Waals surface area contributed by atoms with E-state index in [2.05, 4.69) is 20.3 Å². The molecule has 4 atom stereocenters. The van der Waals surface area contributed by atoms with Gasteiger partial charge in [0, 0.05) is 41.7 Å². The molecule has 2 heterocycles. The van der Waals surface area contributed by atoms with E-state index in [1.165, 1.54) is 22.6 Å². The fraction of sp³-hybridized carbons (Fsp3) is 0.387. The Balaban J connectivity index is 1.64. The van der Waals surface area contributed by atoms with Crippen molar-refractivity contribution < 1.29 is 27.5 Å². The number of amides is 2. The smallest absolute Gasteiger partial charge is 0.257 e. The molecule has 1 aromatic heterocycles. The van der Waals surface area contributed by atoms with Crippen LogP contribution in [-0.2, 0) is 21.2 Å². The van der Waals surface area contributed by atoms with Gasteiger partial charge in [-0.05, 0) is 55.5 Å². The van der Waals surface area contributed by atoms with E-state index in [1.807, 2.05) is 13.8 Å². The van der Waals surface area contributed by atoms with Gasteiger partial charge in [0.05, 0.1) is 23.0 Å². The summed E-state index contributed by atoms with van der Waals surface area (Å²) in [5.74, 6) is -2.02. The third-order valence-corrected chi connectivity index (χ3v) is 10.4. The van der Waals surface area contributed by atoms with Crippen molar-refractivity contribution in [3.8, 4) is 0 Å². The second-order valence-electron chi connectivity index (χ2n) is 11.5. The standard InChI is InChI=1S/C31H35ClFN7O5S/c1-19(2)28(21-9-11-22(32)12-10-21)29(37-38-34)30(41)36-27-16-35-15-26(33)25(27)14-13-23-18-39(31(42)43)17-20(3)40(23)46(44,45)24-7-5-4-6-8-24/h4-12,15-16,19-20,23,28-29,34H,13-14,17-18H2,1-3H3,(H-,36,41,42,43)/t20?,23?,28-,29+/m1/s1. The first-order chi connectivity index (χ1) is 21.8. The molecular weight excluding hydrogens is 637 g/mol. The van der Waals surface area contributed by atoms with Crippen molar-refractivity contribution in [1.29, 1.82) is 5.53 Å². The van der Waals surface area contributed by atoms with Gasteiger partial charge < -0.3 is 20.1 Å². The molecule has 2 aromatic carbocycles. The van der Waals surface area contributed by atoms with E-state index in [-0.39, 0.29) is 48.0 Å². The SMILES string of the molecule is CC(C)[C@H](c1ccc(Cl)cc1)[C@H](N=[N+]=N)C(=O)Nc1cncc(F)c1CCC1CN(C(=O)[O-])CC(C)N1S(=O)(=O)c1ccccc1. The third-order valence-electron chi connectivity index (χ3n) is 8.04. The van der Waals surface area contributed by atoms with Crippen molar-refractivity contribution in [2.45, 2.75) is 62.6 Å². The van der Waals surface area contributed by atoms with Gasteiger partial charge in [-0.3, -0.25) is 9.78 Å². The van der Waals surface area contributed by atoms with Gasteiger partial charge in [0.25, 0.3) is 5.91 Å². The van der Waals surface area contributed by atoms with Gasteiger partial charge in [-0.25, -0.2) is 12.8 Å². The largest absolute Gasteiger partial charge is 0.530 e. The molecule has 2 amide bonds. The number of halogens is 2. The molecule has 0 radical (unpaired) electrons. The summed E-state index contributed by atoms with van der Waals surface area (Å²) in [4.78, 5) is 33.6. The van der Waals surface area contributed by atoms with E-state index in [0.717, 1.165) is 16.7 Å². The molecule has 0 aliphatic carbocycles. The van der Waals surface area contributed by atoms with E-state index in [4.69, 9.17) is 17.1 Å². The molecule has 12 nitrogen and oxygen atoms in total. The first-order valence-electron chi connectivity index (χ1n) is 14.6.